The number of rotatable bonds is 4. The van der Waals surface area contributed by atoms with Gasteiger partial charge in [0, 0.05) is 0 Å². The average Bonchev–Trinajstić information content (AvgIpc) is 2.25. The van der Waals surface area contributed by atoms with Gasteiger partial charge in [-0.3, -0.25) is 4.79 Å². The predicted octanol–water partition coefficient (Wildman–Crippen LogP) is 2.48. The van der Waals surface area contributed by atoms with Crippen molar-refractivity contribution >= 4 is 23.6 Å². The van der Waals surface area contributed by atoms with Gasteiger partial charge in [0.1, 0.15) is 5.40 Å². The Morgan fingerprint density at radius 3 is 2.79 bits per heavy atom. The van der Waals surface area contributed by atoms with Crippen LogP contribution < -0.4 is 0 Å². The Bertz CT molecular complexity index is 365. The molecule has 0 aromatic heterocycles. The number of nitriles is 1. The highest BCUT2D eigenvalue weighted by atomic mass is 32.2. The molecule has 0 bridgehead atoms. The summed E-state index contributed by atoms with van der Waals surface area (Å²) in [7, 11) is 0. The second-order valence-electron chi connectivity index (χ2n) is 2.59. The van der Waals surface area contributed by atoms with Crippen LogP contribution in [-0.2, 0) is 4.79 Å². The summed E-state index contributed by atoms with van der Waals surface area (Å²) in [5.41, 5.74) is 0.989. The maximum atomic E-state index is 11.1. The van der Waals surface area contributed by atoms with Crippen LogP contribution in [0.4, 0.5) is 0 Å². The first-order valence-corrected chi connectivity index (χ1v) is 5.08. The molecule has 0 atom stereocenters. The van der Waals surface area contributed by atoms with Crippen LogP contribution >= 0.6 is 11.8 Å². The lowest BCUT2D eigenvalue weighted by atomic mass is 10.2. The molecule has 0 saturated carbocycles. The van der Waals surface area contributed by atoms with E-state index in [0.29, 0.717) is 0 Å². The highest BCUT2D eigenvalue weighted by Gasteiger charge is 1.95. The summed E-state index contributed by atoms with van der Waals surface area (Å²) < 4.78 is 0. The molecule has 0 aliphatic rings. The van der Waals surface area contributed by atoms with E-state index in [4.69, 9.17) is 5.26 Å². The van der Waals surface area contributed by atoms with Crippen molar-refractivity contribution in [3.63, 3.8) is 0 Å². The van der Waals surface area contributed by atoms with Gasteiger partial charge in [-0.2, -0.15) is 5.26 Å². The van der Waals surface area contributed by atoms with Crippen LogP contribution in [0.25, 0.3) is 6.08 Å². The summed E-state index contributed by atoms with van der Waals surface area (Å²) in [6.45, 7) is 0. The number of allylic oxidation sites excluding steroid dienone is 1. The first-order valence-electron chi connectivity index (χ1n) is 4.10. The molecule has 0 aliphatic carbocycles. The van der Waals surface area contributed by atoms with Crippen LogP contribution in [0.3, 0.4) is 0 Å². The van der Waals surface area contributed by atoms with E-state index in [9.17, 15) is 4.79 Å². The molecule has 2 nitrogen and oxygen atoms in total. The molecule has 0 heterocycles. The minimum atomic E-state index is -0.0413. The molecular weight excluding hydrogens is 194 g/mol. The lowest BCUT2D eigenvalue weighted by Crippen LogP contribution is -1.94. The lowest BCUT2D eigenvalue weighted by molar-refractivity contribution is -0.112. The van der Waals surface area contributed by atoms with Crippen molar-refractivity contribution in [2.24, 2.45) is 0 Å². The largest absolute Gasteiger partial charge is 0.294 e. The number of thiocyanates is 1. The molecule has 0 radical (unpaired) electrons. The Kier molecular flexibility index (Phi) is 4.53. The zero-order valence-electron chi connectivity index (χ0n) is 7.51. The maximum absolute atomic E-state index is 11.1. The number of hydrogen-bond acceptors (Lipinski definition) is 3. The number of benzene rings is 1. The third-order valence-electron chi connectivity index (χ3n) is 1.54. The quantitative estimate of drug-likeness (QED) is 0.557. The molecule has 0 amide bonds. The minimum Gasteiger partial charge on any atom is -0.294 e. The zero-order chi connectivity index (χ0) is 10.2. The first kappa shape index (κ1) is 10.6. The zero-order valence-corrected chi connectivity index (χ0v) is 8.33. The Morgan fingerprint density at radius 2 is 2.14 bits per heavy atom. The molecular formula is C11H9NOS. The van der Waals surface area contributed by atoms with Crippen molar-refractivity contribution in [2.75, 3.05) is 5.75 Å². The third-order valence-corrected chi connectivity index (χ3v) is 2.10. The van der Waals surface area contributed by atoms with Crippen LogP contribution in [-0.4, -0.2) is 11.5 Å². The molecule has 1 rings (SSSR count). The minimum absolute atomic E-state index is 0.0413. The molecule has 0 aliphatic heterocycles. The molecule has 0 N–H and O–H groups in total. The van der Waals surface area contributed by atoms with E-state index in [2.05, 4.69) is 0 Å². The molecule has 3 heteroatoms. The number of ketones is 1. The van der Waals surface area contributed by atoms with E-state index in [1.165, 1.54) is 6.08 Å². The van der Waals surface area contributed by atoms with Crippen molar-refractivity contribution < 1.29 is 4.79 Å². The normalized spacial score (nSPS) is 9.93. The van der Waals surface area contributed by atoms with Crippen LogP contribution in [0, 0.1) is 10.7 Å². The molecule has 70 valence electrons. The Balaban J connectivity index is 2.49. The van der Waals surface area contributed by atoms with Crippen LogP contribution in [0.5, 0.6) is 0 Å². The summed E-state index contributed by atoms with van der Waals surface area (Å²) in [6.07, 6.45) is 3.25. The van der Waals surface area contributed by atoms with Crippen LogP contribution in [0.15, 0.2) is 36.4 Å². The fourth-order valence-corrected chi connectivity index (χ4v) is 1.21. The van der Waals surface area contributed by atoms with Gasteiger partial charge in [0.25, 0.3) is 0 Å². The summed E-state index contributed by atoms with van der Waals surface area (Å²) in [5.74, 6) is 0.181. The van der Waals surface area contributed by atoms with Crippen molar-refractivity contribution in [3.05, 3.63) is 42.0 Å². The van der Waals surface area contributed by atoms with Gasteiger partial charge in [-0.15, -0.1) is 0 Å². The average molecular weight is 203 g/mol. The maximum Gasteiger partial charge on any atom is 0.166 e. The smallest absolute Gasteiger partial charge is 0.166 e. The fourth-order valence-electron chi connectivity index (χ4n) is 0.905. The van der Waals surface area contributed by atoms with Crippen LogP contribution in [0.2, 0.25) is 0 Å². The van der Waals surface area contributed by atoms with Gasteiger partial charge in [-0.1, -0.05) is 36.4 Å². The van der Waals surface area contributed by atoms with Crippen molar-refractivity contribution in [3.8, 4) is 5.40 Å². The number of nitrogens with zero attached hydrogens (tertiary/aromatic N) is 1. The van der Waals surface area contributed by atoms with E-state index in [0.717, 1.165) is 17.3 Å². The van der Waals surface area contributed by atoms with Gasteiger partial charge in [0.05, 0.1) is 5.75 Å². The van der Waals surface area contributed by atoms with Gasteiger partial charge < -0.3 is 0 Å². The second kappa shape index (κ2) is 6.01. The molecule has 0 fully saturated rings. The summed E-state index contributed by atoms with van der Waals surface area (Å²) in [6, 6.07) is 9.58. The van der Waals surface area contributed by atoms with Gasteiger partial charge >= 0.3 is 0 Å². The first-order chi connectivity index (χ1) is 6.83. The highest BCUT2D eigenvalue weighted by molar-refractivity contribution is 8.04. The van der Waals surface area contributed by atoms with E-state index < -0.39 is 0 Å². The lowest BCUT2D eigenvalue weighted by Gasteiger charge is -1.90. The Labute approximate surface area is 87.2 Å². The summed E-state index contributed by atoms with van der Waals surface area (Å²) in [5, 5.41) is 10.1. The second-order valence-corrected chi connectivity index (χ2v) is 3.35. The van der Waals surface area contributed by atoms with Gasteiger partial charge in [0.15, 0.2) is 5.78 Å². The number of carbonyl (C=O) groups excluding carboxylic acids is 1. The van der Waals surface area contributed by atoms with E-state index >= 15 is 0 Å². The van der Waals surface area contributed by atoms with Gasteiger partial charge in [-0.25, -0.2) is 0 Å². The molecule has 1 aromatic rings. The molecule has 14 heavy (non-hydrogen) atoms. The Morgan fingerprint density at radius 1 is 1.43 bits per heavy atom. The third kappa shape index (κ3) is 3.92. The van der Waals surface area contributed by atoms with E-state index in [1.54, 1.807) is 6.08 Å². The van der Waals surface area contributed by atoms with E-state index in [-0.39, 0.29) is 11.5 Å². The van der Waals surface area contributed by atoms with Gasteiger partial charge in [0.2, 0.25) is 0 Å². The molecule has 0 saturated heterocycles. The van der Waals surface area contributed by atoms with Crippen LogP contribution in [0.1, 0.15) is 5.56 Å². The van der Waals surface area contributed by atoms with Crippen molar-refractivity contribution in [1.82, 2.24) is 0 Å². The summed E-state index contributed by atoms with van der Waals surface area (Å²) in [4.78, 5) is 11.1. The number of hydrogen-bond donors (Lipinski definition) is 0. The molecule has 0 unspecified atom stereocenters. The fraction of sp³-hybridized carbons (Fsp3) is 0.0909. The standard InChI is InChI=1S/C11H9NOS/c12-9-14-8-11(13)7-6-10-4-2-1-3-5-10/h1-7H,8H2. The monoisotopic (exact) mass is 203 g/mol. The topological polar surface area (TPSA) is 40.9 Å². The SMILES string of the molecule is N#CSCC(=O)C=Cc1ccccc1. The predicted molar refractivity (Wildman–Crippen MR) is 58.6 cm³/mol. The summed E-state index contributed by atoms with van der Waals surface area (Å²) >= 11 is 0.956. The number of carbonyl (C=O) groups is 1. The highest BCUT2D eigenvalue weighted by Crippen LogP contribution is 2.02. The van der Waals surface area contributed by atoms with Gasteiger partial charge in [-0.05, 0) is 23.4 Å². The van der Waals surface area contributed by atoms with Crippen molar-refractivity contribution in [1.29, 1.82) is 5.26 Å². The Hall–Kier alpha value is -1.53. The van der Waals surface area contributed by atoms with E-state index in [1.807, 2.05) is 35.7 Å². The molecule has 0 spiro atoms. The van der Waals surface area contributed by atoms with Crippen molar-refractivity contribution in [2.45, 2.75) is 0 Å². The molecule has 1 aromatic carbocycles. The number of thioether (sulfide) groups is 1.